The summed E-state index contributed by atoms with van der Waals surface area (Å²) < 4.78 is 47.1. The summed E-state index contributed by atoms with van der Waals surface area (Å²) in [6.07, 6.45) is -28.0. The third-order valence-electron chi connectivity index (χ3n) is 17.1. The van der Waals surface area contributed by atoms with Gasteiger partial charge in [0.15, 0.2) is 18.9 Å². The summed E-state index contributed by atoms with van der Waals surface area (Å²) in [6.45, 7) is 5.72. The molecule has 0 aromatic rings. The number of carbonyl (C=O) groups excluding carboxylic acids is 1. The van der Waals surface area contributed by atoms with Gasteiger partial charge in [-0.1, -0.05) is 19.9 Å². The fourth-order valence-corrected chi connectivity index (χ4v) is 13.4. The van der Waals surface area contributed by atoms with Crippen LogP contribution in [0.25, 0.3) is 0 Å². The molecule has 8 aliphatic rings. The Morgan fingerprint density at radius 3 is 1.72 bits per heavy atom. The third kappa shape index (κ3) is 8.73. The summed E-state index contributed by atoms with van der Waals surface area (Å²) in [6, 6.07) is 0. The summed E-state index contributed by atoms with van der Waals surface area (Å²) in [5.74, 6) is -0.728. The topological polar surface area (TPSA) is 374 Å². The maximum Gasteiger partial charge on any atom is 0.314 e. The van der Waals surface area contributed by atoms with Crippen LogP contribution < -0.4 is 0 Å². The average Bonchev–Trinajstić information content (AvgIpc) is 3.50. The van der Waals surface area contributed by atoms with E-state index in [4.69, 9.17) is 37.9 Å². The van der Waals surface area contributed by atoms with Crippen LogP contribution in [0.1, 0.15) is 71.6 Å². The van der Waals surface area contributed by atoms with Crippen molar-refractivity contribution in [2.45, 2.75) is 200 Å². The highest BCUT2D eigenvalue weighted by atomic mass is 16.8. The zero-order valence-electron chi connectivity index (χ0n) is 37.5. The molecule has 23 heteroatoms. The normalized spacial score (nSPS) is 54.5. The lowest BCUT2D eigenvalue weighted by atomic mass is 9.41. The largest absolute Gasteiger partial charge is 0.432 e. The molecule has 1 spiro atoms. The molecule has 0 amide bonds. The molecule has 0 aromatic heterocycles. The molecule has 23 nitrogen and oxygen atoms in total. The van der Waals surface area contributed by atoms with Gasteiger partial charge in [0.05, 0.1) is 37.4 Å². The van der Waals surface area contributed by atoms with Crippen molar-refractivity contribution in [1.82, 2.24) is 0 Å². The Labute approximate surface area is 386 Å². The molecule has 4 saturated heterocycles. The Morgan fingerprint density at radius 2 is 1.10 bits per heavy atom. The van der Waals surface area contributed by atoms with Crippen LogP contribution in [-0.4, -0.2) is 232 Å². The van der Waals surface area contributed by atoms with Crippen LogP contribution in [0.4, 0.5) is 0 Å². The number of hydrogen-bond donors (Lipinski definition) is 14. The van der Waals surface area contributed by atoms with E-state index in [2.05, 4.69) is 13.5 Å². The fraction of sp³-hybridized carbons (Fsp3) is 0.932. The molecule has 2 bridgehead atoms. The second kappa shape index (κ2) is 19.4. The van der Waals surface area contributed by atoms with Crippen molar-refractivity contribution in [1.29, 1.82) is 0 Å². The van der Waals surface area contributed by atoms with Crippen LogP contribution in [-0.2, 0) is 42.7 Å². The number of rotatable bonds is 12. The van der Waals surface area contributed by atoms with E-state index < -0.39 is 172 Å². The molecule has 67 heavy (non-hydrogen) atoms. The van der Waals surface area contributed by atoms with Gasteiger partial charge in [-0.25, -0.2) is 0 Å². The molecule has 0 radical (unpaired) electrons. The van der Waals surface area contributed by atoms with Gasteiger partial charge in [0.25, 0.3) is 0 Å². The summed E-state index contributed by atoms with van der Waals surface area (Å²) >= 11 is 0. The lowest BCUT2D eigenvalue weighted by Crippen LogP contribution is -2.66. The van der Waals surface area contributed by atoms with E-state index in [1.165, 1.54) is 0 Å². The van der Waals surface area contributed by atoms with Gasteiger partial charge in [0.2, 0.25) is 6.29 Å². The van der Waals surface area contributed by atoms with Crippen LogP contribution in [0.5, 0.6) is 0 Å². The molecule has 0 aromatic carbocycles. The molecule has 8 rings (SSSR count). The Hall–Kier alpha value is -1.63. The highest BCUT2D eigenvalue weighted by molar-refractivity contribution is 5.77. The predicted molar refractivity (Wildman–Crippen MR) is 219 cm³/mol. The van der Waals surface area contributed by atoms with E-state index in [0.717, 1.165) is 12.0 Å². The zero-order valence-corrected chi connectivity index (χ0v) is 37.5. The monoisotopic (exact) mass is 966 g/mol. The summed E-state index contributed by atoms with van der Waals surface area (Å²) in [5, 5.41) is 147. The smallest absolute Gasteiger partial charge is 0.314 e. The molecular formula is C44H70O23. The molecular weight excluding hydrogens is 896 g/mol. The van der Waals surface area contributed by atoms with Crippen LogP contribution >= 0.6 is 0 Å². The van der Waals surface area contributed by atoms with Crippen LogP contribution in [0.3, 0.4) is 0 Å². The van der Waals surface area contributed by atoms with Gasteiger partial charge in [-0.3, -0.25) is 4.79 Å². The SMILES string of the molecule is C=C1C[C@]23CC[C@H]4C(C)(C(=O)O[C@@H]5O[C@H](CO)[C@@H](O)[C@H](O)[C@H]5O)CCC[C@]4(C)[C@H]2CC[C@]1(O[C@@H]1O[C@H](CO)[C@@H](O)[C@H](O)[C@H]1O[C@H]1O[C@H](CO[C@@H]2O[C@H](CO)[C@@H](O)[C@H](O)[C@H]2O)[C@@H](O)[C@H](O)[C@H]1O)C3. The van der Waals surface area contributed by atoms with Gasteiger partial charge in [-0.15, -0.1) is 0 Å². The number of carbonyl (C=O) groups is 1. The average molecular weight is 967 g/mol. The first-order valence-corrected chi connectivity index (χ1v) is 23.4. The van der Waals surface area contributed by atoms with Gasteiger partial charge >= 0.3 is 5.97 Å². The quantitative estimate of drug-likeness (QED) is 0.0494. The van der Waals surface area contributed by atoms with Crippen molar-refractivity contribution in [3.63, 3.8) is 0 Å². The number of fused-ring (bicyclic) bond motifs is 3. The van der Waals surface area contributed by atoms with Gasteiger partial charge in [0, 0.05) is 0 Å². The van der Waals surface area contributed by atoms with Gasteiger partial charge in [-0.2, -0.15) is 0 Å². The van der Waals surface area contributed by atoms with Crippen molar-refractivity contribution in [3.05, 3.63) is 12.2 Å². The van der Waals surface area contributed by atoms with Gasteiger partial charge < -0.3 is 109 Å². The molecule has 4 saturated carbocycles. The summed E-state index contributed by atoms with van der Waals surface area (Å²) in [4.78, 5) is 14.2. The lowest BCUT2D eigenvalue weighted by molar-refractivity contribution is -0.381. The summed E-state index contributed by atoms with van der Waals surface area (Å²) in [5.41, 5.74) is -2.12. The van der Waals surface area contributed by atoms with Crippen molar-refractivity contribution in [3.8, 4) is 0 Å². The maximum absolute atomic E-state index is 14.2. The van der Waals surface area contributed by atoms with Crippen LogP contribution in [0, 0.1) is 28.1 Å². The van der Waals surface area contributed by atoms with E-state index >= 15 is 0 Å². The second-order valence-corrected chi connectivity index (χ2v) is 20.8. The number of ether oxygens (including phenoxy) is 8. The first-order valence-electron chi connectivity index (χ1n) is 23.4. The molecule has 1 unspecified atom stereocenters. The molecule has 14 N–H and O–H groups in total. The molecule has 8 fully saturated rings. The number of hydrogen-bond acceptors (Lipinski definition) is 23. The van der Waals surface area contributed by atoms with Crippen molar-refractivity contribution < 1.29 is 114 Å². The molecule has 4 aliphatic heterocycles. The van der Waals surface area contributed by atoms with E-state index in [0.29, 0.717) is 51.4 Å². The first kappa shape index (κ1) is 51.7. The standard InChI is InChI=1S/C44H70O23/c1-17-11-43-9-5-22-41(2,7-4-8-42(22,3)40(59)66-38-34(58)29(53)25(49)19(13-46)62-38)23(43)6-10-44(17,16-43)67-39-35(31(55)26(50)20(14-47)63-39)65-37-33(57)30(54)27(51)21(64-37)15-60-36-32(56)28(52)24(48)18(12-45)61-36/h18-39,45-58H,1,4-16H2,2-3H3/t18-,19-,20-,21-,22-,23-,24-,25-,26-,27-,28+,29+,30+,31+,32-,33-,34-,35-,36-,37-,38+,39+,41+,42?,43+,44+/m1/s1. The molecule has 4 heterocycles. The minimum Gasteiger partial charge on any atom is -0.432 e. The van der Waals surface area contributed by atoms with Crippen LogP contribution in [0.2, 0.25) is 0 Å². The van der Waals surface area contributed by atoms with Crippen molar-refractivity contribution in [2.75, 3.05) is 26.4 Å². The Kier molecular flexibility index (Phi) is 15.0. The molecule has 26 atom stereocenters. The highest BCUT2D eigenvalue weighted by Gasteiger charge is 2.69. The minimum absolute atomic E-state index is 0.0622. The van der Waals surface area contributed by atoms with Crippen molar-refractivity contribution >= 4 is 5.97 Å². The number of aliphatic hydroxyl groups is 14. The summed E-state index contributed by atoms with van der Waals surface area (Å²) in [7, 11) is 0. The number of esters is 1. The Balaban J connectivity index is 0.979. The lowest BCUT2D eigenvalue weighted by Gasteiger charge is -2.64. The maximum atomic E-state index is 14.2. The number of aliphatic hydroxyl groups excluding tert-OH is 14. The predicted octanol–water partition coefficient (Wildman–Crippen LogP) is -5.11. The van der Waals surface area contributed by atoms with E-state index in [-0.39, 0.29) is 17.3 Å². The van der Waals surface area contributed by atoms with E-state index in [9.17, 15) is 76.3 Å². The molecule has 4 aliphatic carbocycles. The van der Waals surface area contributed by atoms with E-state index in [1.54, 1.807) is 0 Å². The Morgan fingerprint density at radius 1 is 0.597 bits per heavy atom. The van der Waals surface area contributed by atoms with Gasteiger partial charge in [-0.05, 0) is 86.5 Å². The molecule has 384 valence electrons. The van der Waals surface area contributed by atoms with Crippen molar-refractivity contribution in [2.24, 2.45) is 28.1 Å². The third-order valence-corrected chi connectivity index (χ3v) is 17.1. The van der Waals surface area contributed by atoms with E-state index in [1.807, 2.05) is 6.92 Å². The minimum atomic E-state index is -1.95. The van der Waals surface area contributed by atoms with Crippen LogP contribution in [0.15, 0.2) is 12.2 Å². The zero-order chi connectivity index (χ0) is 48.7. The fourth-order valence-electron chi connectivity index (χ4n) is 13.4. The Bertz CT molecular complexity index is 1760. The second-order valence-electron chi connectivity index (χ2n) is 20.8. The highest BCUT2D eigenvalue weighted by Crippen LogP contribution is 2.73. The van der Waals surface area contributed by atoms with Gasteiger partial charge in [0.1, 0.15) is 97.7 Å². The first-order chi connectivity index (χ1) is 31.6.